The zero-order valence-electron chi connectivity index (χ0n) is 11.9. The van der Waals surface area contributed by atoms with Crippen LogP contribution in [-0.2, 0) is 0 Å². The number of piperidine rings is 1. The highest BCUT2D eigenvalue weighted by atomic mass is 35.5. The smallest absolute Gasteiger partial charge is 0.292 e. The number of nitrogens with zero attached hydrogens (tertiary/aromatic N) is 3. The quantitative estimate of drug-likeness (QED) is 0.842. The number of fused-ring (bicyclic) bond motifs is 2. The predicted octanol–water partition coefficient (Wildman–Crippen LogP) is 3.53. The molecule has 2 aliphatic rings. The summed E-state index contributed by atoms with van der Waals surface area (Å²) in [4.78, 5) is 14.8. The molecule has 0 radical (unpaired) electrons. The van der Waals surface area contributed by atoms with Gasteiger partial charge >= 0.3 is 0 Å². The summed E-state index contributed by atoms with van der Waals surface area (Å²) in [6, 6.07) is 7.48. The Labute approximate surface area is 138 Å². The Bertz CT molecular complexity index is 772. The second kappa shape index (κ2) is 5.28. The van der Waals surface area contributed by atoms with Crippen LogP contribution in [0.3, 0.4) is 0 Å². The lowest BCUT2D eigenvalue weighted by molar-refractivity contribution is 0.552. The first kappa shape index (κ1) is 14.1. The molecule has 0 spiro atoms. The normalized spacial score (nSPS) is 23.3. The van der Waals surface area contributed by atoms with Crippen LogP contribution in [0.2, 0.25) is 10.0 Å². The van der Waals surface area contributed by atoms with E-state index in [1.165, 1.54) is 23.9 Å². The van der Waals surface area contributed by atoms with Crippen molar-refractivity contribution in [2.24, 2.45) is 5.92 Å². The average molecular weight is 336 g/mol. The minimum absolute atomic E-state index is 0.248. The molecule has 1 aliphatic heterocycles. The SMILES string of the molecule is O=c1c(Cl)c(N2CC3CCC2C3)cnn1-c1ccc(Cl)cc1. The molecule has 114 valence electrons. The monoisotopic (exact) mass is 335 g/mol. The van der Waals surface area contributed by atoms with Crippen LogP contribution >= 0.6 is 23.2 Å². The van der Waals surface area contributed by atoms with E-state index >= 15 is 0 Å². The molecule has 2 atom stereocenters. The van der Waals surface area contributed by atoms with Crippen molar-refractivity contribution in [2.75, 3.05) is 11.4 Å². The summed E-state index contributed by atoms with van der Waals surface area (Å²) in [5.74, 6) is 0.736. The van der Waals surface area contributed by atoms with Crippen molar-refractivity contribution in [3.05, 3.63) is 50.9 Å². The third-order valence-electron chi connectivity index (χ3n) is 4.69. The zero-order valence-corrected chi connectivity index (χ0v) is 13.4. The van der Waals surface area contributed by atoms with Gasteiger partial charge in [0.05, 0.1) is 17.6 Å². The fourth-order valence-electron chi connectivity index (χ4n) is 3.61. The Morgan fingerprint density at radius 1 is 1.14 bits per heavy atom. The van der Waals surface area contributed by atoms with Gasteiger partial charge in [0.25, 0.3) is 5.56 Å². The largest absolute Gasteiger partial charge is 0.366 e. The molecule has 2 bridgehead atoms. The van der Waals surface area contributed by atoms with Gasteiger partial charge in [0, 0.05) is 17.6 Å². The van der Waals surface area contributed by atoms with E-state index in [0.717, 1.165) is 18.2 Å². The van der Waals surface area contributed by atoms with Crippen LogP contribution in [0.25, 0.3) is 5.69 Å². The molecule has 1 saturated carbocycles. The van der Waals surface area contributed by atoms with Gasteiger partial charge in [-0.1, -0.05) is 23.2 Å². The van der Waals surface area contributed by atoms with Crippen molar-refractivity contribution in [3.8, 4) is 5.69 Å². The summed E-state index contributed by atoms with van der Waals surface area (Å²) in [6.07, 6.45) is 5.38. The van der Waals surface area contributed by atoms with Crippen molar-refractivity contribution in [1.29, 1.82) is 0 Å². The van der Waals surface area contributed by atoms with Gasteiger partial charge in [-0.15, -0.1) is 0 Å². The molecular formula is C16H15Cl2N3O. The maximum Gasteiger partial charge on any atom is 0.292 e. The van der Waals surface area contributed by atoms with Crippen LogP contribution in [-0.4, -0.2) is 22.4 Å². The van der Waals surface area contributed by atoms with Crippen LogP contribution in [0.4, 0.5) is 5.69 Å². The van der Waals surface area contributed by atoms with E-state index in [1.54, 1.807) is 30.5 Å². The first-order valence-corrected chi connectivity index (χ1v) is 8.19. The number of hydrogen-bond donors (Lipinski definition) is 0. The molecule has 2 heterocycles. The van der Waals surface area contributed by atoms with Crippen molar-refractivity contribution in [1.82, 2.24) is 9.78 Å². The molecule has 22 heavy (non-hydrogen) atoms. The summed E-state index contributed by atoms with van der Waals surface area (Å²) in [5.41, 5.74) is 1.14. The first-order chi connectivity index (χ1) is 10.6. The lowest BCUT2D eigenvalue weighted by atomic mass is 10.1. The summed E-state index contributed by atoms with van der Waals surface area (Å²) >= 11 is 12.2. The van der Waals surface area contributed by atoms with Crippen LogP contribution in [0.15, 0.2) is 35.3 Å². The fourth-order valence-corrected chi connectivity index (χ4v) is 3.97. The predicted molar refractivity (Wildman–Crippen MR) is 88.3 cm³/mol. The summed E-state index contributed by atoms with van der Waals surface area (Å²) in [7, 11) is 0. The van der Waals surface area contributed by atoms with Crippen molar-refractivity contribution < 1.29 is 0 Å². The van der Waals surface area contributed by atoms with E-state index in [2.05, 4.69) is 10.00 Å². The minimum atomic E-state index is -0.288. The maximum atomic E-state index is 12.5. The number of aromatic nitrogens is 2. The lowest BCUT2D eigenvalue weighted by Gasteiger charge is -2.29. The second-order valence-electron chi connectivity index (χ2n) is 6.02. The van der Waals surface area contributed by atoms with Crippen molar-refractivity contribution in [2.45, 2.75) is 25.3 Å². The summed E-state index contributed by atoms with van der Waals surface area (Å²) < 4.78 is 1.32. The van der Waals surface area contributed by atoms with Gasteiger partial charge in [-0.3, -0.25) is 4.79 Å². The second-order valence-corrected chi connectivity index (χ2v) is 6.84. The molecule has 1 aliphatic carbocycles. The molecule has 1 saturated heterocycles. The molecule has 1 aromatic heterocycles. The van der Waals surface area contributed by atoms with Crippen molar-refractivity contribution in [3.63, 3.8) is 0 Å². The first-order valence-electron chi connectivity index (χ1n) is 7.44. The van der Waals surface area contributed by atoms with Gasteiger partial charge in [-0.25, -0.2) is 0 Å². The summed E-state index contributed by atoms with van der Waals surface area (Å²) in [6.45, 7) is 0.983. The number of anilines is 1. The molecule has 4 rings (SSSR count). The Balaban J connectivity index is 1.74. The van der Waals surface area contributed by atoms with Crippen LogP contribution in [0.5, 0.6) is 0 Å². The Morgan fingerprint density at radius 2 is 1.91 bits per heavy atom. The molecular weight excluding hydrogens is 321 g/mol. The van der Waals surface area contributed by atoms with E-state index in [-0.39, 0.29) is 10.6 Å². The molecule has 0 N–H and O–H groups in total. The lowest BCUT2D eigenvalue weighted by Crippen LogP contribution is -2.34. The molecule has 2 fully saturated rings. The van der Waals surface area contributed by atoms with E-state index in [9.17, 15) is 4.79 Å². The van der Waals surface area contributed by atoms with Gasteiger partial charge in [0.2, 0.25) is 0 Å². The number of hydrogen-bond acceptors (Lipinski definition) is 3. The Kier molecular flexibility index (Phi) is 3.39. The van der Waals surface area contributed by atoms with Crippen molar-refractivity contribution >= 4 is 28.9 Å². The number of halogens is 2. The van der Waals surface area contributed by atoms with E-state index < -0.39 is 0 Å². The highest BCUT2D eigenvalue weighted by Crippen LogP contribution is 2.41. The maximum absolute atomic E-state index is 12.5. The fraction of sp³-hybridized carbons (Fsp3) is 0.375. The van der Waals surface area contributed by atoms with Gasteiger partial charge < -0.3 is 4.90 Å². The molecule has 6 heteroatoms. The van der Waals surface area contributed by atoms with E-state index in [1.807, 2.05) is 0 Å². The van der Waals surface area contributed by atoms with Crippen LogP contribution < -0.4 is 10.5 Å². The minimum Gasteiger partial charge on any atom is -0.366 e. The standard InChI is InChI=1S/C16H15Cl2N3O/c17-11-2-5-12(6-3-11)21-16(22)15(18)14(8-19-21)20-9-10-1-4-13(20)7-10/h2-3,5-6,8,10,13H,1,4,7,9H2. The molecule has 1 aromatic carbocycles. The van der Waals surface area contributed by atoms with E-state index in [4.69, 9.17) is 23.2 Å². The van der Waals surface area contributed by atoms with Crippen LogP contribution in [0.1, 0.15) is 19.3 Å². The topological polar surface area (TPSA) is 38.1 Å². The van der Waals surface area contributed by atoms with E-state index in [0.29, 0.717) is 16.8 Å². The molecule has 2 aromatic rings. The highest BCUT2D eigenvalue weighted by molar-refractivity contribution is 6.33. The molecule has 4 nitrogen and oxygen atoms in total. The number of rotatable bonds is 2. The van der Waals surface area contributed by atoms with Gasteiger partial charge in [-0.05, 0) is 49.4 Å². The summed E-state index contributed by atoms with van der Waals surface area (Å²) in [5, 5.41) is 5.17. The van der Waals surface area contributed by atoms with Crippen LogP contribution in [0, 0.1) is 5.92 Å². The molecule has 2 unspecified atom stereocenters. The Hall–Kier alpha value is -1.52. The Morgan fingerprint density at radius 3 is 2.55 bits per heavy atom. The van der Waals surface area contributed by atoms with Gasteiger partial charge in [0.1, 0.15) is 5.02 Å². The van der Waals surface area contributed by atoms with Gasteiger partial charge in [0.15, 0.2) is 0 Å². The third-order valence-corrected chi connectivity index (χ3v) is 5.30. The van der Waals surface area contributed by atoms with Gasteiger partial charge in [-0.2, -0.15) is 9.78 Å². The number of benzene rings is 1. The average Bonchev–Trinajstić information content (AvgIpc) is 3.14. The third kappa shape index (κ3) is 2.22. The zero-order chi connectivity index (χ0) is 15.3. The molecule has 0 amide bonds. The highest BCUT2D eigenvalue weighted by Gasteiger charge is 2.39.